The Morgan fingerprint density at radius 3 is 2.33 bits per heavy atom. The fraction of sp³-hybridized carbons (Fsp3) is 0.846. The van der Waals surface area contributed by atoms with Crippen molar-refractivity contribution in [1.82, 2.24) is 0 Å². The average Bonchev–Trinajstić information content (AvgIpc) is 2.09. The van der Waals surface area contributed by atoms with Crippen LogP contribution in [0.25, 0.3) is 0 Å². The quantitative estimate of drug-likeness (QED) is 0.496. The van der Waals surface area contributed by atoms with Crippen molar-refractivity contribution in [2.75, 3.05) is 0 Å². The summed E-state index contributed by atoms with van der Waals surface area (Å²) in [5.41, 5.74) is -0.392. The van der Waals surface area contributed by atoms with Crippen molar-refractivity contribution in [1.29, 1.82) is 0 Å². The van der Waals surface area contributed by atoms with Gasteiger partial charge in [0, 0.05) is 0 Å². The fourth-order valence-electron chi connectivity index (χ4n) is 1.32. The van der Waals surface area contributed by atoms with E-state index in [1.54, 1.807) is 0 Å². The summed E-state index contributed by atoms with van der Waals surface area (Å²) in [6.07, 6.45) is 5.55. The zero-order valence-electron chi connectivity index (χ0n) is 10.6. The third kappa shape index (κ3) is 8.46. The zero-order valence-corrected chi connectivity index (χ0v) is 10.6. The molecule has 15 heavy (non-hydrogen) atoms. The predicted octanol–water partition coefficient (Wildman–Crippen LogP) is 3.75. The summed E-state index contributed by atoms with van der Waals surface area (Å²) in [4.78, 5) is 11.5. The highest BCUT2D eigenvalue weighted by Crippen LogP contribution is 2.15. The standard InChI is InChI=1S/C13H25O2/c1-6-7-8-9-10-11(2)12(14)15-13(3,4)5/h11H,2,6-10H2,1,3-5H3. The maximum absolute atomic E-state index is 11.5. The molecule has 0 bridgehead atoms. The molecule has 0 heterocycles. The Bertz CT molecular complexity index is 179. The van der Waals surface area contributed by atoms with Crippen LogP contribution in [0.3, 0.4) is 0 Å². The Kier molecular flexibility index (Phi) is 6.62. The minimum atomic E-state index is -0.392. The number of carbonyl (C=O) groups excluding carboxylic acids is 1. The van der Waals surface area contributed by atoms with E-state index in [0.29, 0.717) is 0 Å². The van der Waals surface area contributed by atoms with Gasteiger partial charge < -0.3 is 4.74 Å². The van der Waals surface area contributed by atoms with Crippen LogP contribution in [0, 0.1) is 12.8 Å². The Hall–Kier alpha value is -0.530. The van der Waals surface area contributed by atoms with Crippen molar-refractivity contribution >= 4 is 5.97 Å². The number of carbonyl (C=O) groups is 1. The van der Waals surface area contributed by atoms with E-state index in [1.807, 2.05) is 20.8 Å². The van der Waals surface area contributed by atoms with E-state index >= 15 is 0 Å². The molecular weight excluding hydrogens is 188 g/mol. The maximum Gasteiger partial charge on any atom is 0.309 e. The molecule has 0 aliphatic carbocycles. The van der Waals surface area contributed by atoms with Crippen LogP contribution in [0.5, 0.6) is 0 Å². The first-order valence-electron chi connectivity index (χ1n) is 5.92. The summed E-state index contributed by atoms with van der Waals surface area (Å²) in [6, 6.07) is 0. The molecule has 0 saturated carbocycles. The molecule has 0 aromatic heterocycles. The van der Waals surface area contributed by atoms with Crippen LogP contribution in [0.15, 0.2) is 0 Å². The first-order valence-corrected chi connectivity index (χ1v) is 5.92. The van der Waals surface area contributed by atoms with Crippen molar-refractivity contribution in [3.8, 4) is 0 Å². The molecule has 0 N–H and O–H groups in total. The van der Waals surface area contributed by atoms with E-state index in [4.69, 9.17) is 4.74 Å². The van der Waals surface area contributed by atoms with Crippen molar-refractivity contribution in [3.63, 3.8) is 0 Å². The SMILES string of the molecule is [CH2]C(CCCCCC)C(=O)OC(C)(C)C. The van der Waals surface area contributed by atoms with E-state index in [9.17, 15) is 4.79 Å². The van der Waals surface area contributed by atoms with Crippen molar-refractivity contribution in [3.05, 3.63) is 6.92 Å². The lowest BCUT2D eigenvalue weighted by atomic mass is 10.0. The molecule has 2 heteroatoms. The summed E-state index contributed by atoms with van der Waals surface area (Å²) < 4.78 is 5.26. The number of ether oxygens (including phenoxy) is 1. The summed E-state index contributed by atoms with van der Waals surface area (Å²) >= 11 is 0. The summed E-state index contributed by atoms with van der Waals surface area (Å²) in [5, 5.41) is 0. The molecule has 1 atom stereocenters. The lowest BCUT2D eigenvalue weighted by Crippen LogP contribution is -2.27. The van der Waals surface area contributed by atoms with E-state index < -0.39 is 5.60 Å². The molecular formula is C13H25O2. The Morgan fingerprint density at radius 1 is 1.27 bits per heavy atom. The van der Waals surface area contributed by atoms with Gasteiger partial charge in [-0.1, -0.05) is 32.6 Å². The molecule has 0 spiro atoms. The molecule has 0 aliphatic rings. The van der Waals surface area contributed by atoms with Gasteiger partial charge in [0.05, 0.1) is 5.92 Å². The van der Waals surface area contributed by atoms with Gasteiger partial charge in [-0.15, -0.1) is 0 Å². The van der Waals surface area contributed by atoms with Crippen LogP contribution in [-0.2, 0) is 9.53 Å². The minimum Gasteiger partial charge on any atom is -0.460 e. The van der Waals surface area contributed by atoms with Crippen molar-refractivity contribution < 1.29 is 9.53 Å². The molecule has 1 unspecified atom stereocenters. The Balaban J connectivity index is 3.70. The summed E-state index contributed by atoms with van der Waals surface area (Å²) in [7, 11) is 0. The van der Waals surface area contributed by atoms with Crippen LogP contribution in [0.2, 0.25) is 0 Å². The second kappa shape index (κ2) is 6.86. The van der Waals surface area contributed by atoms with Gasteiger partial charge in [-0.3, -0.25) is 4.79 Å². The molecule has 0 aromatic rings. The lowest BCUT2D eigenvalue weighted by Gasteiger charge is -2.22. The first-order chi connectivity index (χ1) is 6.87. The second-order valence-corrected chi connectivity index (χ2v) is 5.08. The van der Waals surface area contributed by atoms with Crippen LogP contribution in [-0.4, -0.2) is 11.6 Å². The minimum absolute atomic E-state index is 0.168. The second-order valence-electron chi connectivity index (χ2n) is 5.08. The van der Waals surface area contributed by atoms with Crippen molar-refractivity contribution in [2.24, 2.45) is 5.92 Å². The molecule has 0 aromatic carbocycles. The van der Waals surface area contributed by atoms with Gasteiger partial charge in [0.1, 0.15) is 5.60 Å². The van der Waals surface area contributed by atoms with Gasteiger partial charge in [-0.05, 0) is 34.1 Å². The van der Waals surface area contributed by atoms with Gasteiger partial charge in [0.15, 0.2) is 0 Å². The highest BCUT2D eigenvalue weighted by molar-refractivity contribution is 5.73. The third-order valence-corrected chi connectivity index (χ3v) is 2.15. The van der Waals surface area contributed by atoms with Gasteiger partial charge in [0.25, 0.3) is 0 Å². The van der Waals surface area contributed by atoms with E-state index in [1.165, 1.54) is 19.3 Å². The Labute approximate surface area is 94.4 Å². The monoisotopic (exact) mass is 213 g/mol. The molecule has 0 fully saturated rings. The normalized spacial score (nSPS) is 13.7. The zero-order chi connectivity index (χ0) is 11.9. The van der Waals surface area contributed by atoms with E-state index in [2.05, 4.69) is 13.8 Å². The van der Waals surface area contributed by atoms with Gasteiger partial charge >= 0.3 is 5.97 Å². The molecule has 2 nitrogen and oxygen atoms in total. The smallest absolute Gasteiger partial charge is 0.309 e. The highest BCUT2D eigenvalue weighted by Gasteiger charge is 2.21. The first kappa shape index (κ1) is 14.5. The van der Waals surface area contributed by atoms with Crippen LogP contribution in [0.1, 0.15) is 59.8 Å². The number of hydrogen-bond acceptors (Lipinski definition) is 2. The van der Waals surface area contributed by atoms with E-state index in [0.717, 1.165) is 12.8 Å². The maximum atomic E-state index is 11.5. The number of esters is 1. The predicted molar refractivity (Wildman–Crippen MR) is 63.5 cm³/mol. The number of hydrogen-bond donors (Lipinski definition) is 0. The molecule has 1 radical (unpaired) electrons. The van der Waals surface area contributed by atoms with Crippen LogP contribution < -0.4 is 0 Å². The largest absolute Gasteiger partial charge is 0.460 e. The molecule has 0 amide bonds. The van der Waals surface area contributed by atoms with Gasteiger partial charge in [-0.25, -0.2) is 0 Å². The summed E-state index contributed by atoms with van der Waals surface area (Å²) in [5.74, 6) is -0.375. The average molecular weight is 213 g/mol. The highest BCUT2D eigenvalue weighted by atomic mass is 16.6. The number of unbranched alkanes of at least 4 members (excludes halogenated alkanes) is 3. The number of rotatable bonds is 6. The van der Waals surface area contributed by atoms with Gasteiger partial charge in [-0.2, -0.15) is 0 Å². The molecule has 0 aliphatic heterocycles. The molecule has 0 rings (SSSR count). The van der Waals surface area contributed by atoms with Gasteiger partial charge in [0.2, 0.25) is 0 Å². The lowest BCUT2D eigenvalue weighted by molar-refractivity contribution is -0.158. The van der Waals surface area contributed by atoms with Crippen molar-refractivity contribution in [2.45, 2.75) is 65.4 Å². The molecule has 89 valence electrons. The third-order valence-electron chi connectivity index (χ3n) is 2.15. The van der Waals surface area contributed by atoms with Crippen LogP contribution in [0.4, 0.5) is 0 Å². The topological polar surface area (TPSA) is 26.3 Å². The van der Waals surface area contributed by atoms with E-state index in [-0.39, 0.29) is 11.9 Å². The summed E-state index contributed by atoms with van der Waals surface area (Å²) in [6.45, 7) is 11.7. The molecule has 0 saturated heterocycles. The van der Waals surface area contributed by atoms with Crippen LogP contribution >= 0.6 is 0 Å². The fourth-order valence-corrected chi connectivity index (χ4v) is 1.32. The Morgan fingerprint density at radius 2 is 1.87 bits per heavy atom.